The molecule has 0 unspecified atom stereocenters. The smallest absolute Gasteiger partial charge is 0.307 e. The molecule has 0 heterocycles. The van der Waals surface area contributed by atoms with Gasteiger partial charge in [-0.15, -0.1) is 0 Å². The summed E-state index contributed by atoms with van der Waals surface area (Å²) in [5.41, 5.74) is 1.45. The van der Waals surface area contributed by atoms with Crippen LogP contribution in [0.4, 0.5) is 0 Å². The highest BCUT2D eigenvalue weighted by molar-refractivity contribution is 5.69. The zero-order chi connectivity index (χ0) is 15.7. The molecule has 0 radical (unpaired) electrons. The van der Waals surface area contributed by atoms with Gasteiger partial charge in [-0.25, -0.2) is 0 Å². The fourth-order valence-corrected chi connectivity index (χ4v) is 1.84. The van der Waals surface area contributed by atoms with E-state index in [1.54, 1.807) is 0 Å². The molecule has 0 aliphatic carbocycles. The van der Waals surface area contributed by atoms with E-state index < -0.39 is 0 Å². The van der Waals surface area contributed by atoms with Gasteiger partial charge in [-0.05, 0) is 30.0 Å². The van der Waals surface area contributed by atoms with Crippen molar-refractivity contribution in [3.05, 3.63) is 29.8 Å². The highest BCUT2D eigenvalue weighted by Gasteiger charge is 2.12. The van der Waals surface area contributed by atoms with Gasteiger partial charge in [0.25, 0.3) is 0 Å². The minimum atomic E-state index is -0.163. The van der Waals surface area contributed by atoms with Gasteiger partial charge in [0.2, 0.25) is 0 Å². The number of nitrogens with one attached hydrogen (secondary N) is 1. The molecular formula is C17H27NO3. The molecule has 0 amide bonds. The van der Waals surface area contributed by atoms with Gasteiger partial charge in [0.05, 0.1) is 13.0 Å². The minimum absolute atomic E-state index is 0.160. The highest BCUT2D eigenvalue weighted by atomic mass is 16.5. The highest BCUT2D eigenvalue weighted by Crippen LogP contribution is 2.24. The summed E-state index contributed by atoms with van der Waals surface area (Å²) >= 11 is 0. The summed E-state index contributed by atoms with van der Waals surface area (Å²) in [5, 5.41) is 3.15. The molecule has 4 nitrogen and oxygen atoms in total. The van der Waals surface area contributed by atoms with Gasteiger partial charge in [0.15, 0.2) is 0 Å². The maximum atomic E-state index is 11.1. The second-order valence-electron chi connectivity index (χ2n) is 5.93. The third-order valence-corrected chi connectivity index (χ3v) is 3.08. The van der Waals surface area contributed by atoms with Crippen molar-refractivity contribution in [2.45, 2.75) is 39.5 Å². The van der Waals surface area contributed by atoms with Crippen LogP contribution >= 0.6 is 0 Å². The maximum absolute atomic E-state index is 11.1. The average Bonchev–Trinajstić information content (AvgIpc) is 2.42. The molecule has 0 saturated heterocycles. The standard InChI is InChI=1S/C17H27NO3/c1-5-20-16(19)10-11-18-12-13-21-15-8-6-14(7-9-15)17(2,3)4/h6-9,18H,5,10-13H2,1-4H3. The molecule has 21 heavy (non-hydrogen) atoms. The first-order valence-electron chi connectivity index (χ1n) is 7.53. The lowest BCUT2D eigenvalue weighted by atomic mass is 9.87. The molecule has 0 atom stereocenters. The summed E-state index contributed by atoms with van der Waals surface area (Å²) < 4.78 is 10.5. The molecule has 0 aromatic heterocycles. The Morgan fingerprint density at radius 2 is 1.81 bits per heavy atom. The number of hydrogen-bond acceptors (Lipinski definition) is 4. The molecule has 1 N–H and O–H groups in total. The van der Waals surface area contributed by atoms with E-state index in [0.717, 1.165) is 5.75 Å². The van der Waals surface area contributed by atoms with Crippen molar-refractivity contribution in [2.24, 2.45) is 0 Å². The van der Waals surface area contributed by atoms with Crippen LogP contribution in [0.25, 0.3) is 0 Å². The van der Waals surface area contributed by atoms with Gasteiger partial charge in [-0.2, -0.15) is 0 Å². The molecule has 4 heteroatoms. The molecule has 0 saturated carbocycles. The van der Waals surface area contributed by atoms with Crippen LogP contribution in [0.2, 0.25) is 0 Å². The number of esters is 1. The minimum Gasteiger partial charge on any atom is -0.492 e. The molecule has 1 rings (SSSR count). The van der Waals surface area contributed by atoms with Crippen molar-refractivity contribution in [1.29, 1.82) is 0 Å². The molecular weight excluding hydrogens is 266 g/mol. The Kier molecular flexibility index (Phi) is 7.23. The van der Waals surface area contributed by atoms with Gasteiger partial charge in [0, 0.05) is 13.1 Å². The van der Waals surface area contributed by atoms with Crippen LogP contribution in [0, 0.1) is 0 Å². The van der Waals surface area contributed by atoms with E-state index in [9.17, 15) is 4.79 Å². The Morgan fingerprint density at radius 1 is 1.14 bits per heavy atom. The maximum Gasteiger partial charge on any atom is 0.307 e. The lowest BCUT2D eigenvalue weighted by Gasteiger charge is -2.19. The monoisotopic (exact) mass is 293 g/mol. The van der Waals surface area contributed by atoms with Crippen LogP contribution < -0.4 is 10.1 Å². The third-order valence-electron chi connectivity index (χ3n) is 3.08. The number of benzene rings is 1. The Morgan fingerprint density at radius 3 is 2.38 bits per heavy atom. The second kappa shape index (κ2) is 8.67. The number of ether oxygens (including phenoxy) is 2. The first-order chi connectivity index (χ1) is 9.93. The SMILES string of the molecule is CCOC(=O)CCNCCOc1ccc(C(C)(C)C)cc1. The fourth-order valence-electron chi connectivity index (χ4n) is 1.84. The van der Waals surface area contributed by atoms with Gasteiger partial charge >= 0.3 is 5.97 Å². The Bertz CT molecular complexity index is 421. The normalized spacial score (nSPS) is 11.2. The summed E-state index contributed by atoms with van der Waals surface area (Å²) in [6.45, 7) is 10.7. The Hall–Kier alpha value is -1.55. The van der Waals surface area contributed by atoms with Gasteiger partial charge < -0.3 is 14.8 Å². The predicted molar refractivity (Wildman–Crippen MR) is 84.8 cm³/mol. The molecule has 0 bridgehead atoms. The average molecular weight is 293 g/mol. The van der Waals surface area contributed by atoms with E-state index in [0.29, 0.717) is 32.7 Å². The first-order valence-corrected chi connectivity index (χ1v) is 7.53. The number of hydrogen-bond donors (Lipinski definition) is 1. The number of carbonyl (C=O) groups excluding carboxylic acids is 1. The van der Waals surface area contributed by atoms with Crippen molar-refractivity contribution in [1.82, 2.24) is 5.32 Å². The molecule has 0 spiro atoms. The fraction of sp³-hybridized carbons (Fsp3) is 0.588. The van der Waals surface area contributed by atoms with E-state index in [1.165, 1.54) is 5.56 Å². The summed E-state index contributed by atoms with van der Waals surface area (Å²) in [6.07, 6.45) is 0.397. The van der Waals surface area contributed by atoms with Crippen LogP contribution in [0.3, 0.4) is 0 Å². The Labute approximate surface area is 127 Å². The van der Waals surface area contributed by atoms with Crippen molar-refractivity contribution >= 4 is 5.97 Å². The zero-order valence-electron chi connectivity index (χ0n) is 13.6. The van der Waals surface area contributed by atoms with Gasteiger partial charge in [-0.1, -0.05) is 32.9 Å². The molecule has 118 valence electrons. The quantitative estimate of drug-likeness (QED) is 0.591. The van der Waals surface area contributed by atoms with Crippen molar-refractivity contribution in [3.8, 4) is 5.75 Å². The summed E-state index contributed by atoms with van der Waals surface area (Å²) in [5.74, 6) is 0.707. The lowest BCUT2D eigenvalue weighted by Crippen LogP contribution is -2.24. The summed E-state index contributed by atoms with van der Waals surface area (Å²) in [6, 6.07) is 8.20. The number of carbonyl (C=O) groups is 1. The van der Waals surface area contributed by atoms with Crippen molar-refractivity contribution in [2.75, 3.05) is 26.3 Å². The third kappa shape index (κ3) is 7.14. The van der Waals surface area contributed by atoms with Crippen LogP contribution in [-0.2, 0) is 14.9 Å². The van der Waals surface area contributed by atoms with E-state index in [2.05, 4.69) is 38.2 Å². The van der Waals surface area contributed by atoms with Gasteiger partial charge in [-0.3, -0.25) is 4.79 Å². The molecule has 0 fully saturated rings. The first kappa shape index (κ1) is 17.5. The van der Waals surface area contributed by atoms with E-state index in [4.69, 9.17) is 9.47 Å². The van der Waals surface area contributed by atoms with Crippen LogP contribution in [0.15, 0.2) is 24.3 Å². The molecule has 1 aromatic rings. The predicted octanol–water partition coefficient (Wildman–Crippen LogP) is 2.91. The zero-order valence-corrected chi connectivity index (χ0v) is 13.6. The molecule has 1 aromatic carbocycles. The van der Waals surface area contributed by atoms with Crippen LogP contribution in [0.5, 0.6) is 5.75 Å². The van der Waals surface area contributed by atoms with Gasteiger partial charge in [0.1, 0.15) is 12.4 Å². The topological polar surface area (TPSA) is 47.6 Å². The van der Waals surface area contributed by atoms with Crippen LogP contribution in [0.1, 0.15) is 39.7 Å². The second-order valence-corrected chi connectivity index (χ2v) is 5.93. The van der Waals surface area contributed by atoms with E-state index in [1.807, 2.05) is 19.1 Å². The summed E-state index contributed by atoms with van der Waals surface area (Å²) in [4.78, 5) is 11.1. The Balaban J connectivity index is 2.17. The molecule has 0 aliphatic heterocycles. The van der Waals surface area contributed by atoms with E-state index >= 15 is 0 Å². The number of rotatable bonds is 8. The largest absolute Gasteiger partial charge is 0.492 e. The summed E-state index contributed by atoms with van der Waals surface area (Å²) in [7, 11) is 0. The van der Waals surface area contributed by atoms with Crippen molar-refractivity contribution < 1.29 is 14.3 Å². The van der Waals surface area contributed by atoms with Crippen molar-refractivity contribution in [3.63, 3.8) is 0 Å². The van der Waals surface area contributed by atoms with E-state index in [-0.39, 0.29) is 11.4 Å². The molecule has 0 aliphatic rings. The van der Waals surface area contributed by atoms with Crippen LogP contribution in [-0.4, -0.2) is 32.3 Å². The lowest BCUT2D eigenvalue weighted by molar-refractivity contribution is -0.142.